The van der Waals surface area contributed by atoms with Crippen molar-refractivity contribution in [2.24, 2.45) is 17.6 Å². The van der Waals surface area contributed by atoms with E-state index in [0.29, 0.717) is 0 Å². The lowest BCUT2D eigenvalue weighted by molar-refractivity contribution is -0.156. The molecule has 2 aliphatic carbocycles. The summed E-state index contributed by atoms with van der Waals surface area (Å²) in [6.07, 6.45) is -0.892. The van der Waals surface area contributed by atoms with E-state index in [1.165, 1.54) is 11.3 Å². The number of rotatable bonds is 5. The van der Waals surface area contributed by atoms with Crippen molar-refractivity contribution in [3.05, 3.63) is 22.4 Å². The second kappa shape index (κ2) is 4.49. The van der Waals surface area contributed by atoms with E-state index >= 15 is 0 Å². The van der Waals surface area contributed by atoms with Crippen LogP contribution >= 0.6 is 11.3 Å². The summed E-state index contributed by atoms with van der Waals surface area (Å²) in [5, 5.41) is 20.1. The predicted octanol–water partition coefficient (Wildman–Crippen LogP) is 0.858. The molecule has 114 valence electrons. The normalized spacial score (nSPS) is 40.8. The van der Waals surface area contributed by atoms with E-state index in [1.54, 1.807) is 0 Å². The first-order chi connectivity index (χ1) is 9.82. The molecule has 0 radical (unpaired) electrons. The highest BCUT2D eigenvalue weighted by Crippen LogP contribution is 2.67. The van der Waals surface area contributed by atoms with Gasteiger partial charge in [-0.15, -0.1) is 11.3 Å². The Labute approximate surface area is 123 Å². The van der Waals surface area contributed by atoms with Gasteiger partial charge in [-0.1, -0.05) is 6.07 Å². The molecule has 8 heteroatoms. The highest BCUT2D eigenvalue weighted by Gasteiger charge is 2.85. The molecule has 1 heterocycles. The molecular formula is C13H14FNO5S. The molecule has 3 unspecified atom stereocenters. The number of carboxylic acid groups (broad SMARTS) is 2. The average molecular weight is 315 g/mol. The van der Waals surface area contributed by atoms with Crippen molar-refractivity contribution >= 4 is 23.3 Å². The fraction of sp³-hybridized carbons (Fsp3) is 0.538. The largest absolute Gasteiger partial charge is 0.480 e. The van der Waals surface area contributed by atoms with Crippen molar-refractivity contribution in [1.29, 1.82) is 0 Å². The summed E-state index contributed by atoms with van der Waals surface area (Å²) in [5.41, 5.74) is 1.31. The van der Waals surface area contributed by atoms with Gasteiger partial charge in [0.1, 0.15) is 5.54 Å². The maximum Gasteiger partial charge on any atom is 0.342 e. The Morgan fingerprint density at radius 1 is 1.48 bits per heavy atom. The Hall–Kier alpha value is -1.51. The monoisotopic (exact) mass is 315 g/mol. The van der Waals surface area contributed by atoms with Crippen LogP contribution in [0.3, 0.4) is 0 Å². The zero-order chi connectivity index (χ0) is 15.4. The number of nitrogens with two attached hydrogens (primary N) is 1. The number of aliphatic carboxylic acids is 2. The van der Waals surface area contributed by atoms with Crippen LogP contribution in [0.1, 0.15) is 11.3 Å². The highest BCUT2D eigenvalue weighted by molar-refractivity contribution is 7.09. The topological polar surface area (TPSA) is 110 Å². The number of carbonyl (C=O) groups is 2. The van der Waals surface area contributed by atoms with Crippen molar-refractivity contribution in [3.63, 3.8) is 0 Å². The minimum Gasteiger partial charge on any atom is -0.480 e. The van der Waals surface area contributed by atoms with Gasteiger partial charge in [-0.25, -0.2) is 9.18 Å². The highest BCUT2D eigenvalue weighted by atomic mass is 32.1. The number of thiophene rings is 1. The fourth-order valence-electron chi connectivity index (χ4n) is 3.38. The predicted molar refractivity (Wildman–Crippen MR) is 70.5 cm³/mol. The van der Waals surface area contributed by atoms with Gasteiger partial charge in [-0.2, -0.15) is 0 Å². The summed E-state index contributed by atoms with van der Waals surface area (Å²) in [6, 6.07) is 3.66. The lowest BCUT2D eigenvalue weighted by Gasteiger charge is -2.31. The van der Waals surface area contributed by atoms with Gasteiger partial charge in [0.15, 0.2) is 0 Å². The summed E-state index contributed by atoms with van der Waals surface area (Å²) < 4.78 is 19.8. The molecule has 0 spiro atoms. The van der Waals surface area contributed by atoms with Gasteiger partial charge in [0.25, 0.3) is 0 Å². The Balaban J connectivity index is 1.78. The first-order valence-corrected chi connectivity index (χ1v) is 7.29. The molecule has 4 N–H and O–H groups in total. The van der Waals surface area contributed by atoms with E-state index in [9.17, 15) is 19.1 Å². The number of carboxylic acids is 2. The standard InChI is InChI=1S/C13H14FNO5S/c14-12(10(16)17)7-4-8(13(15,9(7)12)11(18)19)20-5-6-2-1-3-21-6/h1-3,7-9H,4-5,15H2,(H,16,17)(H,18,19)/t7?,8?,9?,12-,13+/m1/s1. The number of hydrogen-bond donors (Lipinski definition) is 3. The van der Waals surface area contributed by atoms with E-state index in [2.05, 4.69) is 0 Å². The third-order valence-corrected chi connectivity index (χ3v) is 5.36. The van der Waals surface area contributed by atoms with Crippen LogP contribution < -0.4 is 5.73 Å². The number of alkyl halides is 1. The third-order valence-electron chi connectivity index (χ3n) is 4.51. The van der Waals surface area contributed by atoms with E-state index in [0.717, 1.165) is 4.88 Å². The van der Waals surface area contributed by atoms with Crippen LogP contribution in [0.2, 0.25) is 0 Å². The maximum absolute atomic E-state index is 14.3. The molecule has 1 aromatic heterocycles. The van der Waals surface area contributed by atoms with Gasteiger partial charge >= 0.3 is 11.9 Å². The van der Waals surface area contributed by atoms with Crippen LogP contribution in [0.25, 0.3) is 0 Å². The molecule has 0 amide bonds. The zero-order valence-corrected chi connectivity index (χ0v) is 11.7. The molecule has 2 saturated carbocycles. The van der Waals surface area contributed by atoms with E-state index in [1.807, 2.05) is 17.5 Å². The molecular weight excluding hydrogens is 301 g/mol. The van der Waals surface area contributed by atoms with Gasteiger partial charge in [-0.3, -0.25) is 4.79 Å². The van der Waals surface area contributed by atoms with Gasteiger partial charge in [0.05, 0.1) is 12.7 Å². The van der Waals surface area contributed by atoms with Crippen molar-refractivity contribution < 1.29 is 28.9 Å². The lowest BCUT2D eigenvalue weighted by atomic mass is 9.88. The number of fused-ring (bicyclic) bond motifs is 1. The summed E-state index contributed by atoms with van der Waals surface area (Å²) in [7, 11) is 0. The molecule has 0 saturated heterocycles. The Morgan fingerprint density at radius 2 is 2.19 bits per heavy atom. The van der Waals surface area contributed by atoms with Crippen LogP contribution in [-0.2, 0) is 20.9 Å². The molecule has 1 aromatic rings. The summed E-state index contributed by atoms with van der Waals surface area (Å²) in [5.74, 6) is -5.21. The van der Waals surface area contributed by atoms with Crippen LogP contribution in [0.15, 0.2) is 17.5 Å². The molecule has 0 bridgehead atoms. The second-order valence-corrected chi connectivity index (χ2v) is 6.54. The SMILES string of the molecule is N[C@@]1(C(=O)O)C(OCc2cccs2)CC2C1[C@@]2(F)C(=O)O. The summed E-state index contributed by atoms with van der Waals surface area (Å²) in [6.45, 7) is 0.181. The second-order valence-electron chi connectivity index (χ2n) is 5.51. The third kappa shape index (κ3) is 1.82. The molecule has 0 aromatic carbocycles. The van der Waals surface area contributed by atoms with Crippen LogP contribution in [0.4, 0.5) is 4.39 Å². The number of hydrogen-bond acceptors (Lipinski definition) is 5. The van der Waals surface area contributed by atoms with Gasteiger partial charge < -0.3 is 20.7 Å². The minimum atomic E-state index is -2.55. The van der Waals surface area contributed by atoms with Gasteiger partial charge in [0, 0.05) is 16.7 Å². The van der Waals surface area contributed by atoms with E-state index in [4.69, 9.17) is 15.6 Å². The van der Waals surface area contributed by atoms with Gasteiger partial charge in [-0.05, 0) is 17.9 Å². The fourth-order valence-corrected chi connectivity index (χ4v) is 4.01. The molecule has 2 aliphatic rings. The molecule has 2 fully saturated rings. The minimum absolute atomic E-state index is 0.00163. The zero-order valence-electron chi connectivity index (χ0n) is 10.9. The number of halogens is 1. The van der Waals surface area contributed by atoms with Gasteiger partial charge in [0.2, 0.25) is 5.67 Å². The number of ether oxygens (including phenoxy) is 1. The van der Waals surface area contributed by atoms with Crippen LogP contribution in [0, 0.1) is 11.8 Å². The average Bonchev–Trinajstić information content (AvgIpc) is 2.81. The first-order valence-electron chi connectivity index (χ1n) is 6.41. The Bertz CT molecular complexity index is 593. The molecule has 5 atom stereocenters. The summed E-state index contributed by atoms with van der Waals surface area (Å²) in [4.78, 5) is 23.4. The molecule has 0 aliphatic heterocycles. The van der Waals surface area contributed by atoms with Crippen LogP contribution in [0.5, 0.6) is 0 Å². The van der Waals surface area contributed by atoms with Crippen molar-refractivity contribution in [2.75, 3.05) is 0 Å². The smallest absolute Gasteiger partial charge is 0.342 e. The van der Waals surface area contributed by atoms with Crippen LogP contribution in [-0.4, -0.2) is 39.5 Å². The van der Waals surface area contributed by atoms with Crippen molar-refractivity contribution in [1.82, 2.24) is 0 Å². The first kappa shape index (κ1) is 14.4. The summed E-state index contributed by atoms with van der Waals surface area (Å²) >= 11 is 1.45. The molecule has 3 rings (SSSR count). The molecule has 6 nitrogen and oxygen atoms in total. The Morgan fingerprint density at radius 3 is 2.71 bits per heavy atom. The maximum atomic E-state index is 14.3. The lowest BCUT2D eigenvalue weighted by Crippen LogP contribution is -2.60. The van der Waals surface area contributed by atoms with Crippen molar-refractivity contribution in [2.45, 2.75) is 30.3 Å². The quantitative estimate of drug-likeness (QED) is 0.743. The van der Waals surface area contributed by atoms with Crippen molar-refractivity contribution in [3.8, 4) is 0 Å². The molecule has 21 heavy (non-hydrogen) atoms. The van der Waals surface area contributed by atoms with E-state index < -0.39 is 41.1 Å². The Kier molecular flexibility index (Phi) is 3.09. The van der Waals surface area contributed by atoms with E-state index in [-0.39, 0.29) is 13.0 Å².